The van der Waals surface area contributed by atoms with Gasteiger partial charge < -0.3 is 10.6 Å². The lowest BCUT2D eigenvalue weighted by molar-refractivity contribution is -0.117. The minimum Gasteiger partial charge on any atom is -0.348 e. The summed E-state index contributed by atoms with van der Waals surface area (Å²) >= 11 is 0. The smallest absolute Gasteiger partial charge is 0.251 e. The van der Waals surface area contributed by atoms with E-state index in [-0.39, 0.29) is 17.7 Å². The first-order valence-electron chi connectivity index (χ1n) is 8.69. The Balaban J connectivity index is 1.56. The first-order valence-corrected chi connectivity index (χ1v) is 8.69. The van der Waals surface area contributed by atoms with Crippen LogP contribution < -0.4 is 10.6 Å². The average Bonchev–Trinajstić information content (AvgIpc) is 3.31. The number of hydrogen-bond donors (Lipinski definition) is 2. The molecule has 0 aliphatic heterocycles. The van der Waals surface area contributed by atoms with Crippen LogP contribution in [0.5, 0.6) is 0 Å². The highest BCUT2D eigenvalue weighted by Gasteiger charge is 2.39. The highest BCUT2D eigenvalue weighted by Crippen LogP contribution is 2.38. The van der Waals surface area contributed by atoms with Crippen LogP contribution >= 0.6 is 0 Å². The normalized spacial score (nSPS) is 18.5. The van der Waals surface area contributed by atoms with Gasteiger partial charge in [0, 0.05) is 23.7 Å². The molecule has 1 aliphatic carbocycles. The van der Waals surface area contributed by atoms with Crippen LogP contribution in [0.4, 0.5) is 5.69 Å². The number of carbonyl (C=O) groups excluding carboxylic acids is 2. The fourth-order valence-corrected chi connectivity index (χ4v) is 2.95. The van der Waals surface area contributed by atoms with E-state index in [1.165, 1.54) is 11.1 Å². The van der Waals surface area contributed by atoms with Crippen LogP contribution in [-0.4, -0.2) is 11.8 Å². The Kier molecular flexibility index (Phi) is 4.88. The molecule has 1 fully saturated rings. The molecule has 2 aromatic rings. The SMILES string of the molecule is Cc1ccc(CNC(=O)c2ccc(NC(=O)C3CC3C)cc2)c(C)c1. The molecule has 1 aliphatic rings. The molecule has 2 N–H and O–H groups in total. The van der Waals surface area contributed by atoms with Crippen molar-refractivity contribution in [2.75, 3.05) is 5.32 Å². The van der Waals surface area contributed by atoms with Crippen LogP contribution in [0.2, 0.25) is 0 Å². The number of aryl methyl sites for hydroxylation is 2. The van der Waals surface area contributed by atoms with E-state index in [1.807, 2.05) is 19.1 Å². The Bertz CT molecular complexity index is 796. The van der Waals surface area contributed by atoms with Crippen molar-refractivity contribution in [1.29, 1.82) is 0 Å². The monoisotopic (exact) mass is 336 g/mol. The van der Waals surface area contributed by atoms with Gasteiger partial charge >= 0.3 is 0 Å². The van der Waals surface area contributed by atoms with E-state index in [0.717, 1.165) is 17.7 Å². The highest BCUT2D eigenvalue weighted by molar-refractivity contribution is 5.96. The molecule has 2 atom stereocenters. The topological polar surface area (TPSA) is 58.2 Å². The van der Waals surface area contributed by atoms with Gasteiger partial charge in [-0.2, -0.15) is 0 Å². The molecule has 0 heterocycles. The predicted molar refractivity (Wildman–Crippen MR) is 99.4 cm³/mol. The molecule has 2 unspecified atom stereocenters. The maximum absolute atomic E-state index is 12.3. The number of rotatable bonds is 5. The van der Waals surface area contributed by atoms with E-state index in [9.17, 15) is 9.59 Å². The molecule has 2 amide bonds. The number of amides is 2. The molecule has 1 saturated carbocycles. The summed E-state index contributed by atoms with van der Waals surface area (Å²) in [5, 5.41) is 5.84. The first kappa shape index (κ1) is 17.2. The van der Waals surface area contributed by atoms with Crippen LogP contribution in [0.1, 0.15) is 40.4 Å². The van der Waals surface area contributed by atoms with E-state index in [0.29, 0.717) is 18.0 Å². The summed E-state index contributed by atoms with van der Waals surface area (Å²) in [6, 6.07) is 13.2. The van der Waals surface area contributed by atoms with Gasteiger partial charge in [0.25, 0.3) is 5.91 Å². The number of anilines is 1. The van der Waals surface area contributed by atoms with Gasteiger partial charge in [0.1, 0.15) is 0 Å². The number of carbonyl (C=O) groups is 2. The van der Waals surface area contributed by atoms with Gasteiger partial charge in [-0.05, 0) is 61.6 Å². The van der Waals surface area contributed by atoms with Gasteiger partial charge in [-0.3, -0.25) is 9.59 Å². The fraction of sp³-hybridized carbons (Fsp3) is 0.333. The summed E-state index contributed by atoms with van der Waals surface area (Å²) in [7, 11) is 0. The zero-order valence-electron chi connectivity index (χ0n) is 14.9. The third-order valence-corrected chi connectivity index (χ3v) is 4.80. The predicted octanol–water partition coefficient (Wildman–Crippen LogP) is 3.83. The summed E-state index contributed by atoms with van der Waals surface area (Å²) < 4.78 is 0. The fourth-order valence-electron chi connectivity index (χ4n) is 2.95. The molecule has 3 rings (SSSR count). The minimum absolute atomic E-state index is 0.0690. The van der Waals surface area contributed by atoms with Crippen molar-refractivity contribution in [1.82, 2.24) is 5.32 Å². The minimum atomic E-state index is -0.117. The quantitative estimate of drug-likeness (QED) is 0.872. The van der Waals surface area contributed by atoms with Gasteiger partial charge in [0.15, 0.2) is 0 Å². The standard InChI is InChI=1S/C21H24N2O2/c1-13-4-5-17(14(2)10-13)12-22-20(24)16-6-8-18(9-7-16)23-21(25)19-11-15(19)3/h4-10,15,19H,11-12H2,1-3H3,(H,22,24)(H,23,25). The molecule has 0 aromatic heterocycles. The van der Waals surface area contributed by atoms with Gasteiger partial charge in [-0.15, -0.1) is 0 Å². The molecule has 0 bridgehead atoms. The van der Waals surface area contributed by atoms with Crippen molar-refractivity contribution >= 4 is 17.5 Å². The first-order chi connectivity index (χ1) is 11.9. The second kappa shape index (κ2) is 7.09. The zero-order valence-corrected chi connectivity index (χ0v) is 14.9. The lowest BCUT2D eigenvalue weighted by atomic mass is 10.1. The molecule has 4 nitrogen and oxygen atoms in total. The Morgan fingerprint density at radius 2 is 1.76 bits per heavy atom. The molecule has 2 aromatic carbocycles. The van der Waals surface area contributed by atoms with Crippen molar-refractivity contribution in [3.8, 4) is 0 Å². The number of benzene rings is 2. The van der Waals surface area contributed by atoms with E-state index in [4.69, 9.17) is 0 Å². The summed E-state index contributed by atoms with van der Waals surface area (Å²) in [6.07, 6.45) is 0.963. The van der Waals surface area contributed by atoms with Crippen LogP contribution in [0.25, 0.3) is 0 Å². The van der Waals surface area contributed by atoms with Gasteiger partial charge in [0.05, 0.1) is 0 Å². The van der Waals surface area contributed by atoms with E-state index in [2.05, 4.69) is 30.5 Å². The average molecular weight is 336 g/mol. The lowest BCUT2D eigenvalue weighted by Gasteiger charge is -2.10. The summed E-state index contributed by atoms with van der Waals surface area (Å²) in [5.41, 5.74) is 4.82. The van der Waals surface area contributed by atoms with Crippen molar-refractivity contribution in [3.63, 3.8) is 0 Å². The summed E-state index contributed by atoms with van der Waals surface area (Å²) in [4.78, 5) is 24.2. The Morgan fingerprint density at radius 1 is 1.08 bits per heavy atom. The molecule has 0 saturated heterocycles. The maximum atomic E-state index is 12.3. The van der Waals surface area contributed by atoms with Crippen LogP contribution in [-0.2, 0) is 11.3 Å². The Morgan fingerprint density at radius 3 is 2.36 bits per heavy atom. The largest absolute Gasteiger partial charge is 0.348 e. The Hall–Kier alpha value is -2.62. The molecule has 25 heavy (non-hydrogen) atoms. The van der Waals surface area contributed by atoms with Crippen molar-refractivity contribution in [2.45, 2.75) is 33.7 Å². The second-order valence-electron chi connectivity index (χ2n) is 7.00. The zero-order chi connectivity index (χ0) is 18.0. The van der Waals surface area contributed by atoms with E-state index >= 15 is 0 Å². The van der Waals surface area contributed by atoms with Gasteiger partial charge in [-0.25, -0.2) is 0 Å². The van der Waals surface area contributed by atoms with Crippen LogP contribution in [0.15, 0.2) is 42.5 Å². The van der Waals surface area contributed by atoms with Gasteiger partial charge in [0.2, 0.25) is 5.91 Å². The molecule has 4 heteroatoms. The molecular weight excluding hydrogens is 312 g/mol. The maximum Gasteiger partial charge on any atom is 0.251 e. The number of hydrogen-bond acceptors (Lipinski definition) is 2. The third-order valence-electron chi connectivity index (χ3n) is 4.80. The molecular formula is C21H24N2O2. The molecule has 0 spiro atoms. The van der Waals surface area contributed by atoms with E-state index in [1.54, 1.807) is 24.3 Å². The van der Waals surface area contributed by atoms with Crippen molar-refractivity contribution < 1.29 is 9.59 Å². The van der Waals surface area contributed by atoms with Crippen molar-refractivity contribution in [2.24, 2.45) is 11.8 Å². The second-order valence-corrected chi connectivity index (χ2v) is 7.00. The highest BCUT2D eigenvalue weighted by atomic mass is 16.2. The number of nitrogens with one attached hydrogen (secondary N) is 2. The molecule has 0 radical (unpaired) electrons. The summed E-state index contributed by atoms with van der Waals surface area (Å²) in [6.45, 7) is 6.68. The Labute approximate surface area is 148 Å². The third kappa shape index (κ3) is 4.27. The lowest BCUT2D eigenvalue weighted by Crippen LogP contribution is -2.23. The van der Waals surface area contributed by atoms with Crippen LogP contribution in [0.3, 0.4) is 0 Å². The van der Waals surface area contributed by atoms with Crippen molar-refractivity contribution in [3.05, 3.63) is 64.7 Å². The molecule has 130 valence electrons. The summed E-state index contributed by atoms with van der Waals surface area (Å²) in [5.74, 6) is 0.573. The van der Waals surface area contributed by atoms with Crippen LogP contribution in [0, 0.1) is 25.7 Å². The van der Waals surface area contributed by atoms with E-state index < -0.39 is 0 Å². The van der Waals surface area contributed by atoms with Gasteiger partial charge in [-0.1, -0.05) is 30.7 Å².